The largest absolute Gasteiger partial charge is 0.327 e. The lowest BCUT2D eigenvalue weighted by Crippen LogP contribution is -2.48. The van der Waals surface area contributed by atoms with Crippen LogP contribution in [0.25, 0.3) is 0 Å². The van der Waals surface area contributed by atoms with Gasteiger partial charge >= 0.3 is 0 Å². The normalized spacial score (nSPS) is 39.3. The van der Waals surface area contributed by atoms with Crippen molar-refractivity contribution in [3.63, 3.8) is 0 Å². The average molecular weight is 231 g/mol. The van der Waals surface area contributed by atoms with Crippen LogP contribution in [0.15, 0.2) is 0 Å². The van der Waals surface area contributed by atoms with Gasteiger partial charge in [0.2, 0.25) is 0 Å². The molecule has 0 aromatic heterocycles. The van der Waals surface area contributed by atoms with E-state index < -0.39 is 10.8 Å². The lowest BCUT2D eigenvalue weighted by Gasteiger charge is -2.37. The van der Waals surface area contributed by atoms with Crippen molar-refractivity contribution >= 4 is 10.8 Å². The minimum atomic E-state index is -0.737. The summed E-state index contributed by atoms with van der Waals surface area (Å²) in [5.74, 6) is 2.52. The highest BCUT2D eigenvalue weighted by atomic mass is 32.2. The van der Waals surface area contributed by atoms with Gasteiger partial charge in [0.15, 0.2) is 0 Å². The molecule has 2 N–H and O–H groups in total. The highest BCUT2D eigenvalue weighted by Crippen LogP contribution is 2.31. The Morgan fingerprint density at radius 1 is 1.33 bits per heavy atom. The van der Waals surface area contributed by atoms with Gasteiger partial charge in [-0.05, 0) is 30.6 Å². The molecule has 0 spiro atoms. The first-order valence-electron chi connectivity index (χ1n) is 6.04. The summed E-state index contributed by atoms with van der Waals surface area (Å²) in [6, 6.07) is 0.142. The molecule has 0 aromatic rings. The lowest BCUT2D eigenvalue weighted by atomic mass is 9.80. The van der Waals surface area contributed by atoms with Gasteiger partial charge in [-0.2, -0.15) is 0 Å². The van der Waals surface area contributed by atoms with Crippen molar-refractivity contribution in [1.29, 1.82) is 0 Å². The van der Waals surface area contributed by atoms with Crippen molar-refractivity contribution in [3.05, 3.63) is 0 Å². The third-order valence-electron chi connectivity index (χ3n) is 3.23. The number of nitrogens with two attached hydrogens (primary N) is 1. The monoisotopic (exact) mass is 231 g/mol. The van der Waals surface area contributed by atoms with Crippen LogP contribution in [-0.2, 0) is 10.8 Å². The molecule has 0 radical (unpaired) electrons. The third-order valence-corrected chi connectivity index (χ3v) is 5.65. The molecule has 1 saturated carbocycles. The molecule has 0 aromatic carbocycles. The fraction of sp³-hybridized carbons (Fsp3) is 1.00. The summed E-state index contributed by atoms with van der Waals surface area (Å²) in [6.45, 7) is 8.70. The van der Waals surface area contributed by atoms with Crippen LogP contribution in [0.3, 0.4) is 0 Å². The molecule has 0 bridgehead atoms. The SMILES string of the molecule is CC(C)CS(=O)C1C(C)CC(C)CC1N. The van der Waals surface area contributed by atoms with Gasteiger partial charge in [0.05, 0.1) is 5.25 Å². The summed E-state index contributed by atoms with van der Waals surface area (Å²) in [7, 11) is -0.737. The maximum Gasteiger partial charge on any atom is 0.0524 e. The fourth-order valence-corrected chi connectivity index (χ4v) is 4.79. The van der Waals surface area contributed by atoms with Crippen molar-refractivity contribution in [2.45, 2.75) is 51.8 Å². The average Bonchev–Trinajstić information content (AvgIpc) is 1.99. The summed E-state index contributed by atoms with van der Waals surface area (Å²) in [5.41, 5.74) is 6.14. The van der Waals surface area contributed by atoms with Crippen LogP contribution in [0.1, 0.15) is 40.5 Å². The molecule has 5 unspecified atom stereocenters. The molecule has 2 nitrogen and oxygen atoms in total. The van der Waals surface area contributed by atoms with Crippen LogP contribution in [0.5, 0.6) is 0 Å². The van der Waals surface area contributed by atoms with Gasteiger partial charge in [0.1, 0.15) is 0 Å². The number of hydrogen-bond acceptors (Lipinski definition) is 2. The van der Waals surface area contributed by atoms with Crippen LogP contribution >= 0.6 is 0 Å². The van der Waals surface area contributed by atoms with E-state index in [-0.39, 0.29) is 11.3 Å². The zero-order valence-electron chi connectivity index (χ0n) is 10.4. The Morgan fingerprint density at radius 3 is 2.40 bits per heavy atom. The Balaban J connectivity index is 2.62. The van der Waals surface area contributed by atoms with Crippen LogP contribution in [0, 0.1) is 17.8 Å². The standard InChI is InChI=1S/C12H25NOS/c1-8(2)7-15(14)12-10(4)5-9(3)6-11(12)13/h8-12H,5-7,13H2,1-4H3. The van der Waals surface area contributed by atoms with Crippen molar-refractivity contribution in [2.24, 2.45) is 23.5 Å². The van der Waals surface area contributed by atoms with Gasteiger partial charge in [0.25, 0.3) is 0 Å². The van der Waals surface area contributed by atoms with Crippen LogP contribution < -0.4 is 5.73 Å². The Kier molecular flexibility index (Phi) is 4.78. The number of rotatable bonds is 3. The molecule has 1 aliphatic carbocycles. The first-order chi connectivity index (χ1) is 6.91. The molecular weight excluding hydrogens is 206 g/mol. The van der Waals surface area contributed by atoms with Crippen LogP contribution in [-0.4, -0.2) is 21.3 Å². The Morgan fingerprint density at radius 2 is 1.93 bits per heavy atom. The molecule has 1 aliphatic rings. The topological polar surface area (TPSA) is 43.1 Å². The van der Waals surface area contributed by atoms with Gasteiger partial charge in [-0.3, -0.25) is 4.21 Å². The van der Waals surface area contributed by atoms with Gasteiger partial charge in [0, 0.05) is 22.6 Å². The Bertz CT molecular complexity index is 218. The van der Waals surface area contributed by atoms with E-state index >= 15 is 0 Å². The molecule has 1 fully saturated rings. The molecule has 90 valence electrons. The van der Waals surface area contributed by atoms with Gasteiger partial charge in [-0.15, -0.1) is 0 Å². The molecule has 0 saturated heterocycles. The summed E-state index contributed by atoms with van der Waals surface area (Å²) in [5, 5.41) is 0.226. The second-order valence-corrected chi connectivity index (χ2v) is 7.26. The zero-order chi connectivity index (χ0) is 11.6. The molecule has 0 aliphatic heterocycles. The smallest absolute Gasteiger partial charge is 0.0524 e. The van der Waals surface area contributed by atoms with Crippen molar-refractivity contribution in [3.8, 4) is 0 Å². The van der Waals surface area contributed by atoms with E-state index in [2.05, 4.69) is 27.7 Å². The van der Waals surface area contributed by atoms with E-state index in [0.29, 0.717) is 17.8 Å². The van der Waals surface area contributed by atoms with Gasteiger partial charge in [-0.1, -0.05) is 27.7 Å². The minimum absolute atomic E-state index is 0.142. The zero-order valence-corrected chi connectivity index (χ0v) is 11.2. The van der Waals surface area contributed by atoms with E-state index in [1.54, 1.807) is 0 Å². The molecular formula is C12H25NOS. The second kappa shape index (κ2) is 5.44. The summed E-state index contributed by atoms with van der Waals surface area (Å²) in [6.07, 6.45) is 2.22. The molecule has 0 amide bonds. The summed E-state index contributed by atoms with van der Waals surface area (Å²) in [4.78, 5) is 0. The fourth-order valence-electron chi connectivity index (χ4n) is 2.78. The highest BCUT2D eigenvalue weighted by Gasteiger charge is 2.35. The van der Waals surface area contributed by atoms with Crippen molar-refractivity contribution in [1.82, 2.24) is 0 Å². The summed E-state index contributed by atoms with van der Waals surface area (Å²) < 4.78 is 12.2. The van der Waals surface area contributed by atoms with E-state index in [1.807, 2.05) is 0 Å². The van der Waals surface area contributed by atoms with E-state index in [0.717, 1.165) is 12.2 Å². The summed E-state index contributed by atoms with van der Waals surface area (Å²) >= 11 is 0. The van der Waals surface area contributed by atoms with Gasteiger partial charge in [-0.25, -0.2) is 0 Å². The number of hydrogen-bond donors (Lipinski definition) is 1. The molecule has 0 heterocycles. The van der Waals surface area contributed by atoms with Crippen molar-refractivity contribution < 1.29 is 4.21 Å². The molecule has 5 atom stereocenters. The van der Waals surface area contributed by atoms with E-state index in [1.165, 1.54) is 6.42 Å². The van der Waals surface area contributed by atoms with Crippen molar-refractivity contribution in [2.75, 3.05) is 5.75 Å². The Hall–Kier alpha value is 0.110. The predicted octanol–water partition coefficient (Wildman–Crippen LogP) is 2.15. The molecule has 3 heteroatoms. The van der Waals surface area contributed by atoms with Crippen LogP contribution in [0.2, 0.25) is 0 Å². The Labute approximate surface area is 96.5 Å². The van der Waals surface area contributed by atoms with E-state index in [4.69, 9.17) is 5.73 Å². The quantitative estimate of drug-likeness (QED) is 0.809. The maximum absolute atomic E-state index is 12.2. The van der Waals surface area contributed by atoms with Gasteiger partial charge < -0.3 is 5.73 Å². The molecule has 1 rings (SSSR count). The first-order valence-corrected chi connectivity index (χ1v) is 7.42. The second-order valence-electron chi connectivity index (χ2n) is 5.62. The maximum atomic E-state index is 12.2. The lowest BCUT2D eigenvalue weighted by molar-refractivity contribution is 0.275. The highest BCUT2D eigenvalue weighted by molar-refractivity contribution is 7.85. The molecule has 15 heavy (non-hydrogen) atoms. The predicted molar refractivity (Wildman–Crippen MR) is 67.2 cm³/mol. The minimum Gasteiger partial charge on any atom is -0.327 e. The van der Waals surface area contributed by atoms with Crippen LogP contribution in [0.4, 0.5) is 0 Å². The first kappa shape index (κ1) is 13.2. The third kappa shape index (κ3) is 3.56. The van der Waals surface area contributed by atoms with E-state index in [9.17, 15) is 4.21 Å².